The standard InChI is InChI=1S/C28H33NO5/c1-18-25(33-2)14-23(15-26(18)34-3)28(32)24(17-29-9-8-19(16-29)13-27(30)31)12-20-10-21-6-4-5-7-22(21)11-20/h4-9,14-16,20,24,28,32H,10-13,17H2,1-3H3,(H,30,31)/t24-,28+/m1/s1. The monoisotopic (exact) mass is 463 g/mol. The molecule has 0 saturated carbocycles. The van der Waals surface area contributed by atoms with Gasteiger partial charge in [0.15, 0.2) is 0 Å². The van der Waals surface area contributed by atoms with Crippen LogP contribution in [0.1, 0.15) is 40.3 Å². The van der Waals surface area contributed by atoms with Crippen molar-refractivity contribution < 1.29 is 24.5 Å². The molecular formula is C28H33NO5. The van der Waals surface area contributed by atoms with Crippen molar-refractivity contribution in [2.24, 2.45) is 11.8 Å². The van der Waals surface area contributed by atoms with Gasteiger partial charge in [0.1, 0.15) is 11.5 Å². The van der Waals surface area contributed by atoms with Crippen LogP contribution >= 0.6 is 0 Å². The summed E-state index contributed by atoms with van der Waals surface area (Å²) in [5.74, 6) is 0.897. The zero-order valence-corrected chi connectivity index (χ0v) is 20.0. The van der Waals surface area contributed by atoms with Gasteiger partial charge in [-0.1, -0.05) is 24.3 Å². The molecular weight excluding hydrogens is 430 g/mol. The summed E-state index contributed by atoms with van der Waals surface area (Å²) < 4.78 is 13.1. The minimum Gasteiger partial charge on any atom is -0.496 e. The lowest BCUT2D eigenvalue weighted by atomic mass is 9.85. The van der Waals surface area contributed by atoms with Crippen LogP contribution in [0.25, 0.3) is 0 Å². The van der Waals surface area contributed by atoms with Crippen molar-refractivity contribution >= 4 is 5.97 Å². The number of hydrogen-bond donors (Lipinski definition) is 2. The van der Waals surface area contributed by atoms with Crippen molar-refractivity contribution in [3.05, 3.63) is 82.7 Å². The van der Waals surface area contributed by atoms with Crippen LogP contribution in [0.2, 0.25) is 0 Å². The zero-order chi connectivity index (χ0) is 24.2. The van der Waals surface area contributed by atoms with E-state index in [1.54, 1.807) is 14.2 Å². The lowest BCUT2D eigenvalue weighted by molar-refractivity contribution is -0.136. The SMILES string of the molecule is COc1cc([C@H](O)[C@H](CC2Cc3ccccc3C2)Cn2ccc(CC(=O)O)c2)cc(OC)c1C. The molecule has 6 nitrogen and oxygen atoms in total. The first-order chi connectivity index (χ1) is 16.4. The molecule has 180 valence electrons. The fourth-order valence-electron chi connectivity index (χ4n) is 5.25. The predicted molar refractivity (Wildman–Crippen MR) is 130 cm³/mol. The summed E-state index contributed by atoms with van der Waals surface area (Å²) in [4.78, 5) is 11.1. The third-order valence-corrected chi connectivity index (χ3v) is 6.95. The highest BCUT2D eigenvalue weighted by molar-refractivity contribution is 5.70. The van der Waals surface area contributed by atoms with Gasteiger partial charge in [-0.3, -0.25) is 4.79 Å². The van der Waals surface area contributed by atoms with E-state index < -0.39 is 12.1 Å². The number of aliphatic hydroxyl groups excluding tert-OH is 1. The fourth-order valence-corrected chi connectivity index (χ4v) is 5.25. The third-order valence-electron chi connectivity index (χ3n) is 6.95. The molecule has 4 rings (SSSR count). The molecule has 0 spiro atoms. The van der Waals surface area contributed by atoms with Gasteiger partial charge in [0.2, 0.25) is 0 Å². The van der Waals surface area contributed by atoms with Crippen LogP contribution in [0.4, 0.5) is 0 Å². The Morgan fingerprint density at radius 3 is 2.26 bits per heavy atom. The van der Waals surface area contributed by atoms with Crippen LogP contribution in [0, 0.1) is 18.8 Å². The maximum Gasteiger partial charge on any atom is 0.307 e. The second kappa shape index (κ2) is 10.3. The molecule has 2 atom stereocenters. The number of nitrogens with zero attached hydrogens (tertiary/aromatic N) is 1. The molecule has 0 fully saturated rings. The van der Waals surface area contributed by atoms with E-state index in [0.29, 0.717) is 24.0 Å². The molecule has 0 radical (unpaired) electrons. The minimum absolute atomic E-state index is 0.00941. The Hall–Kier alpha value is -3.25. The lowest BCUT2D eigenvalue weighted by Gasteiger charge is -2.27. The van der Waals surface area contributed by atoms with Gasteiger partial charge in [0.25, 0.3) is 0 Å². The normalized spacial score (nSPS) is 15.1. The van der Waals surface area contributed by atoms with Gasteiger partial charge in [-0.15, -0.1) is 0 Å². The largest absolute Gasteiger partial charge is 0.496 e. The summed E-state index contributed by atoms with van der Waals surface area (Å²) in [6, 6.07) is 14.2. The zero-order valence-electron chi connectivity index (χ0n) is 20.0. The van der Waals surface area contributed by atoms with E-state index in [9.17, 15) is 9.90 Å². The lowest BCUT2D eigenvalue weighted by Crippen LogP contribution is -2.22. The van der Waals surface area contributed by atoms with E-state index in [4.69, 9.17) is 14.6 Å². The van der Waals surface area contributed by atoms with Crippen molar-refractivity contribution in [1.29, 1.82) is 0 Å². The fraction of sp³-hybridized carbons (Fsp3) is 0.393. The number of ether oxygens (including phenoxy) is 2. The number of carboxylic acid groups (broad SMARTS) is 1. The molecule has 1 aliphatic carbocycles. The number of aliphatic hydroxyl groups is 1. The number of rotatable bonds is 10. The molecule has 0 aliphatic heterocycles. The van der Waals surface area contributed by atoms with E-state index >= 15 is 0 Å². The molecule has 3 aromatic rings. The first-order valence-electron chi connectivity index (χ1n) is 11.7. The van der Waals surface area contributed by atoms with E-state index in [-0.39, 0.29) is 12.3 Å². The maximum atomic E-state index is 11.6. The Bertz CT molecular complexity index is 1100. The first kappa shape index (κ1) is 23.9. The number of carbonyl (C=O) groups is 1. The van der Waals surface area contributed by atoms with Gasteiger partial charge < -0.3 is 24.3 Å². The van der Waals surface area contributed by atoms with Gasteiger partial charge in [-0.2, -0.15) is 0 Å². The summed E-state index contributed by atoms with van der Waals surface area (Å²) in [5.41, 5.74) is 5.20. The first-order valence-corrected chi connectivity index (χ1v) is 11.7. The van der Waals surface area contributed by atoms with Gasteiger partial charge in [0, 0.05) is 30.4 Å². The average molecular weight is 464 g/mol. The average Bonchev–Trinajstić information content (AvgIpc) is 3.43. The van der Waals surface area contributed by atoms with Crippen LogP contribution in [-0.2, 0) is 30.6 Å². The number of methoxy groups -OCH3 is 2. The molecule has 0 unspecified atom stereocenters. The minimum atomic E-state index is -0.850. The van der Waals surface area contributed by atoms with E-state index in [1.165, 1.54) is 11.1 Å². The number of aromatic nitrogens is 1. The highest BCUT2D eigenvalue weighted by Gasteiger charge is 2.30. The van der Waals surface area contributed by atoms with E-state index in [2.05, 4.69) is 24.3 Å². The summed E-state index contributed by atoms with van der Waals surface area (Å²) in [6.45, 7) is 2.52. The second-order valence-electron chi connectivity index (χ2n) is 9.32. The number of hydrogen-bond acceptors (Lipinski definition) is 4. The van der Waals surface area contributed by atoms with E-state index in [0.717, 1.165) is 36.0 Å². The Morgan fingerprint density at radius 2 is 1.71 bits per heavy atom. The van der Waals surface area contributed by atoms with Gasteiger partial charge >= 0.3 is 5.97 Å². The number of carboxylic acids is 1. The second-order valence-corrected chi connectivity index (χ2v) is 9.32. The molecule has 2 aromatic carbocycles. The summed E-state index contributed by atoms with van der Waals surface area (Å²) in [5, 5.41) is 20.7. The summed E-state index contributed by atoms with van der Waals surface area (Å²) in [6.07, 6.45) is 5.90. The van der Waals surface area contributed by atoms with Crippen LogP contribution in [0.15, 0.2) is 54.9 Å². The Labute approximate surface area is 200 Å². The number of aliphatic carboxylic acids is 1. The molecule has 34 heavy (non-hydrogen) atoms. The highest BCUT2D eigenvalue weighted by atomic mass is 16.5. The highest BCUT2D eigenvalue weighted by Crippen LogP contribution is 2.39. The maximum absolute atomic E-state index is 11.6. The van der Waals surface area contributed by atoms with Crippen LogP contribution < -0.4 is 9.47 Å². The molecule has 1 aliphatic rings. The summed E-state index contributed by atoms with van der Waals surface area (Å²) >= 11 is 0. The third kappa shape index (κ3) is 5.28. The molecule has 0 bridgehead atoms. The molecule has 0 saturated heterocycles. The smallest absolute Gasteiger partial charge is 0.307 e. The molecule has 1 aromatic heterocycles. The van der Waals surface area contributed by atoms with Crippen molar-refractivity contribution in [2.45, 2.75) is 45.3 Å². The molecule has 1 heterocycles. The summed E-state index contributed by atoms with van der Waals surface area (Å²) in [7, 11) is 3.24. The Morgan fingerprint density at radius 1 is 1.09 bits per heavy atom. The van der Waals surface area contributed by atoms with Gasteiger partial charge in [-0.25, -0.2) is 0 Å². The number of fused-ring (bicyclic) bond motifs is 1. The number of benzene rings is 2. The molecule has 6 heteroatoms. The van der Waals surface area contributed by atoms with Gasteiger partial charge in [0.05, 0.1) is 26.7 Å². The Balaban J connectivity index is 1.60. The molecule has 2 N–H and O–H groups in total. The van der Waals surface area contributed by atoms with Crippen molar-refractivity contribution in [1.82, 2.24) is 4.57 Å². The quantitative estimate of drug-likeness (QED) is 0.459. The van der Waals surface area contributed by atoms with Crippen LogP contribution in [0.5, 0.6) is 11.5 Å². The van der Waals surface area contributed by atoms with Crippen molar-refractivity contribution in [3.8, 4) is 11.5 Å². The van der Waals surface area contributed by atoms with Crippen LogP contribution in [0.3, 0.4) is 0 Å². The topological polar surface area (TPSA) is 80.9 Å². The molecule has 0 amide bonds. The Kier molecular flexibility index (Phi) is 7.27. The van der Waals surface area contributed by atoms with Crippen molar-refractivity contribution in [2.75, 3.05) is 14.2 Å². The van der Waals surface area contributed by atoms with Crippen molar-refractivity contribution in [3.63, 3.8) is 0 Å². The predicted octanol–water partition coefficient (Wildman–Crippen LogP) is 4.60. The van der Waals surface area contributed by atoms with E-state index in [1.807, 2.05) is 42.1 Å². The van der Waals surface area contributed by atoms with Gasteiger partial charge in [-0.05, 0) is 72.6 Å². The van der Waals surface area contributed by atoms with Crippen LogP contribution in [-0.4, -0.2) is 35.0 Å².